The lowest BCUT2D eigenvalue weighted by Crippen LogP contribution is -2.62. The van der Waals surface area contributed by atoms with Crippen molar-refractivity contribution in [2.24, 2.45) is 51.8 Å². The highest BCUT2D eigenvalue weighted by molar-refractivity contribution is 6.30. The lowest BCUT2D eigenvalue weighted by Gasteiger charge is -2.67. The first-order valence-electron chi connectivity index (χ1n) is 18.3. The first kappa shape index (κ1) is 35.2. The minimum absolute atomic E-state index is 0.00383. The zero-order valence-electron chi connectivity index (χ0n) is 30.1. The number of Topliss-reactive ketones (excluding diaryl/α,β-unsaturated/α-hetero) is 1. The zero-order chi connectivity index (χ0) is 35.0. The van der Waals surface area contributed by atoms with Crippen LogP contribution in [0.4, 0.5) is 5.69 Å². The third-order valence-corrected chi connectivity index (χ3v) is 14.2. The van der Waals surface area contributed by atoms with E-state index in [-0.39, 0.29) is 58.8 Å². The molecule has 9 unspecified atom stereocenters. The Morgan fingerprint density at radius 3 is 2.21 bits per heavy atom. The molecule has 2 N–H and O–H groups in total. The van der Waals surface area contributed by atoms with Gasteiger partial charge >= 0.3 is 5.97 Å². The van der Waals surface area contributed by atoms with Crippen LogP contribution in [0.1, 0.15) is 113 Å². The molecule has 0 saturated heterocycles. The fraction of sp³-hybridized carbons (Fsp3) is 0.700. The molecule has 9 atom stereocenters. The number of halogens is 1. The van der Waals surface area contributed by atoms with E-state index in [1.807, 2.05) is 0 Å². The van der Waals surface area contributed by atoms with Crippen LogP contribution in [-0.2, 0) is 23.9 Å². The molecule has 6 rings (SSSR count). The molecule has 0 bridgehead atoms. The molecule has 0 radical (unpaired) electrons. The van der Waals surface area contributed by atoms with Crippen LogP contribution in [-0.4, -0.2) is 35.2 Å². The summed E-state index contributed by atoms with van der Waals surface area (Å²) in [4.78, 5) is 53.9. The number of benzene rings is 1. The molecule has 262 valence electrons. The van der Waals surface area contributed by atoms with Crippen molar-refractivity contribution in [1.82, 2.24) is 5.32 Å². The number of fused-ring (bicyclic) bond motifs is 7. The lowest BCUT2D eigenvalue weighted by molar-refractivity contribution is -0.189. The van der Waals surface area contributed by atoms with Crippen LogP contribution in [0.3, 0.4) is 0 Å². The Kier molecular flexibility index (Phi) is 9.00. The van der Waals surface area contributed by atoms with Gasteiger partial charge in [0.2, 0.25) is 11.8 Å². The van der Waals surface area contributed by atoms with Crippen molar-refractivity contribution in [3.8, 4) is 0 Å². The number of hydrogen-bond acceptors (Lipinski definition) is 5. The maximum Gasteiger partial charge on any atom is 0.302 e. The molecule has 1 aromatic carbocycles. The highest BCUT2D eigenvalue weighted by Gasteiger charge is 2.66. The van der Waals surface area contributed by atoms with Gasteiger partial charge in [0.25, 0.3) is 0 Å². The molecule has 1 aromatic rings. The van der Waals surface area contributed by atoms with Crippen LogP contribution in [0.15, 0.2) is 35.4 Å². The Bertz CT molecular complexity index is 1530. The SMILES string of the molecule is CC(=O)OC1CCC2(C)C(CCC3(C)C4CCC5(C(=O)NC(C)(C)C(=O)Nc6ccc(Cl)cc6)CC(=O)C(C(C)C)=C5C4CCC32)C1C. The van der Waals surface area contributed by atoms with Gasteiger partial charge in [-0.05, 0) is 147 Å². The van der Waals surface area contributed by atoms with E-state index in [4.69, 9.17) is 16.3 Å². The van der Waals surface area contributed by atoms with Gasteiger partial charge in [-0.1, -0.05) is 46.2 Å². The highest BCUT2D eigenvalue weighted by atomic mass is 35.5. The minimum atomic E-state index is -1.20. The Morgan fingerprint density at radius 2 is 1.56 bits per heavy atom. The van der Waals surface area contributed by atoms with Crippen LogP contribution < -0.4 is 10.6 Å². The molecule has 0 aromatic heterocycles. The summed E-state index contributed by atoms with van der Waals surface area (Å²) in [6.07, 6.45) is 7.97. The third kappa shape index (κ3) is 5.54. The minimum Gasteiger partial charge on any atom is -0.462 e. The fourth-order valence-electron chi connectivity index (χ4n) is 11.8. The van der Waals surface area contributed by atoms with Crippen LogP contribution >= 0.6 is 11.6 Å². The average molecular weight is 679 g/mol. The maximum atomic E-state index is 14.6. The van der Waals surface area contributed by atoms with Crippen LogP contribution in [0.5, 0.6) is 0 Å². The van der Waals surface area contributed by atoms with E-state index < -0.39 is 11.0 Å². The van der Waals surface area contributed by atoms with E-state index in [2.05, 4.69) is 45.3 Å². The van der Waals surface area contributed by atoms with Gasteiger partial charge in [-0.25, -0.2) is 0 Å². The summed E-state index contributed by atoms with van der Waals surface area (Å²) >= 11 is 6.03. The molecule has 8 heteroatoms. The number of ketones is 1. The number of esters is 1. The summed E-state index contributed by atoms with van der Waals surface area (Å²) in [6.45, 7) is 16.5. The topological polar surface area (TPSA) is 102 Å². The van der Waals surface area contributed by atoms with Gasteiger partial charge in [-0.3, -0.25) is 19.2 Å². The summed E-state index contributed by atoms with van der Waals surface area (Å²) < 4.78 is 5.81. The van der Waals surface area contributed by atoms with Crippen molar-refractivity contribution in [2.75, 3.05) is 5.32 Å². The average Bonchev–Trinajstić information content (AvgIpc) is 3.33. The molecule has 0 heterocycles. The summed E-state index contributed by atoms with van der Waals surface area (Å²) in [6, 6.07) is 6.90. The van der Waals surface area contributed by atoms with Gasteiger partial charge in [0.15, 0.2) is 5.78 Å². The van der Waals surface area contributed by atoms with Crippen LogP contribution in [0, 0.1) is 51.8 Å². The molecule has 5 aliphatic rings. The summed E-state index contributed by atoms with van der Waals surface area (Å²) in [5.41, 5.74) is 0.703. The molecule has 5 aliphatic carbocycles. The molecular formula is C40H55ClN2O5. The number of carbonyl (C=O) groups excluding carboxylic acids is 4. The summed E-state index contributed by atoms with van der Waals surface area (Å²) in [7, 11) is 0. The Hall–Kier alpha value is -2.67. The van der Waals surface area contributed by atoms with E-state index in [0.29, 0.717) is 40.8 Å². The number of carbonyl (C=O) groups is 4. The normalized spacial score (nSPS) is 37.6. The monoisotopic (exact) mass is 678 g/mol. The predicted molar refractivity (Wildman–Crippen MR) is 188 cm³/mol. The van der Waals surface area contributed by atoms with E-state index in [9.17, 15) is 19.2 Å². The maximum absolute atomic E-state index is 14.6. The number of rotatable bonds is 6. The summed E-state index contributed by atoms with van der Waals surface area (Å²) in [5.74, 6) is 1.38. The van der Waals surface area contributed by atoms with Crippen molar-refractivity contribution in [3.05, 3.63) is 40.4 Å². The quantitative estimate of drug-likeness (QED) is 0.295. The molecule has 0 spiro atoms. The van der Waals surface area contributed by atoms with E-state index >= 15 is 0 Å². The van der Waals surface area contributed by atoms with E-state index in [0.717, 1.165) is 56.1 Å². The van der Waals surface area contributed by atoms with Crippen molar-refractivity contribution in [2.45, 2.75) is 125 Å². The first-order valence-corrected chi connectivity index (χ1v) is 18.7. The van der Waals surface area contributed by atoms with Gasteiger partial charge < -0.3 is 15.4 Å². The molecule has 48 heavy (non-hydrogen) atoms. The second kappa shape index (κ2) is 12.3. The fourth-order valence-corrected chi connectivity index (χ4v) is 12.0. The van der Waals surface area contributed by atoms with Gasteiger partial charge in [0, 0.05) is 24.1 Å². The van der Waals surface area contributed by atoms with Crippen molar-refractivity contribution in [1.29, 1.82) is 0 Å². The van der Waals surface area contributed by atoms with Crippen molar-refractivity contribution >= 4 is 40.9 Å². The van der Waals surface area contributed by atoms with E-state index in [1.165, 1.54) is 6.92 Å². The predicted octanol–water partition coefficient (Wildman–Crippen LogP) is 8.31. The Labute approximate surface area is 291 Å². The number of allylic oxidation sites excluding steroid dienone is 1. The van der Waals surface area contributed by atoms with Gasteiger partial charge in [-0.2, -0.15) is 0 Å². The number of anilines is 1. The largest absolute Gasteiger partial charge is 0.462 e. The first-order chi connectivity index (χ1) is 22.4. The lowest BCUT2D eigenvalue weighted by atomic mass is 9.38. The van der Waals surface area contributed by atoms with Crippen molar-refractivity contribution < 1.29 is 23.9 Å². The summed E-state index contributed by atoms with van der Waals surface area (Å²) in [5, 5.41) is 6.62. The molecule has 0 aliphatic heterocycles. The molecular weight excluding hydrogens is 624 g/mol. The van der Waals surface area contributed by atoms with Crippen LogP contribution in [0.25, 0.3) is 0 Å². The highest BCUT2D eigenvalue weighted by Crippen LogP contribution is 2.71. The molecule has 7 nitrogen and oxygen atoms in total. The van der Waals surface area contributed by atoms with Gasteiger partial charge in [0.1, 0.15) is 11.6 Å². The number of ether oxygens (including phenoxy) is 1. The zero-order valence-corrected chi connectivity index (χ0v) is 30.9. The van der Waals surface area contributed by atoms with E-state index in [1.54, 1.807) is 38.1 Å². The van der Waals surface area contributed by atoms with Crippen molar-refractivity contribution in [3.63, 3.8) is 0 Å². The Balaban J connectivity index is 1.28. The smallest absolute Gasteiger partial charge is 0.302 e. The Morgan fingerprint density at radius 1 is 0.938 bits per heavy atom. The third-order valence-electron chi connectivity index (χ3n) is 14.0. The number of amides is 2. The molecule has 4 fully saturated rings. The van der Waals surface area contributed by atoms with Gasteiger partial charge in [-0.15, -0.1) is 0 Å². The molecule has 4 saturated carbocycles. The van der Waals surface area contributed by atoms with Crippen LogP contribution in [0.2, 0.25) is 5.02 Å². The number of nitrogens with one attached hydrogen (secondary N) is 2. The van der Waals surface area contributed by atoms with Gasteiger partial charge in [0.05, 0.1) is 5.41 Å². The standard InChI is InChI=1S/C40H55ClN2O5/c1-22(2)33-30(45)21-40(36(47)43-37(5,6)35(46)42-26-11-9-25(41)10-12-26)20-16-29-27(34(33)40)13-14-32-38(7)19-17-31(48-24(4)44)23(3)28(38)15-18-39(29,32)8/h9-12,22-23,27-29,31-32H,13-21H2,1-8H3,(H,42,46)(H,43,47). The second-order valence-corrected chi connectivity index (χ2v) is 17.7. The second-order valence-electron chi connectivity index (χ2n) is 17.3. The number of hydrogen-bond donors (Lipinski definition) is 2. The molecule has 2 amide bonds.